The van der Waals surface area contributed by atoms with E-state index in [9.17, 15) is 4.79 Å². The van der Waals surface area contributed by atoms with Gasteiger partial charge in [-0.2, -0.15) is 0 Å². The molecule has 1 heterocycles. The molecule has 1 amide bonds. The van der Waals surface area contributed by atoms with E-state index in [2.05, 4.69) is 48.9 Å². The van der Waals surface area contributed by atoms with Gasteiger partial charge in [-0.15, -0.1) is 16.8 Å². The van der Waals surface area contributed by atoms with Crippen LogP contribution in [0, 0.1) is 13.8 Å². The number of carbonyl (C=O) groups excluding carboxylic acids is 1. The molecular formula is C25H30N4O2S. The van der Waals surface area contributed by atoms with Crippen LogP contribution in [0.2, 0.25) is 0 Å². The van der Waals surface area contributed by atoms with Gasteiger partial charge in [0.05, 0.1) is 5.75 Å². The van der Waals surface area contributed by atoms with Crippen LogP contribution < -0.4 is 10.1 Å². The quantitative estimate of drug-likeness (QED) is 0.326. The second-order valence-corrected chi connectivity index (χ2v) is 8.91. The third kappa shape index (κ3) is 6.23. The van der Waals surface area contributed by atoms with Crippen LogP contribution in [0.3, 0.4) is 0 Å². The fourth-order valence-corrected chi connectivity index (χ4v) is 3.99. The molecule has 0 spiro atoms. The Morgan fingerprint density at radius 1 is 1.19 bits per heavy atom. The van der Waals surface area contributed by atoms with Crippen molar-refractivity contribution in [1.82, 2.24) is 14.8 Å². The number of thioether (sulfide) groups is 1. The molecule has 0 atom stereocenters. The number of nitrogens with zero attached hydrogens (tertiary/aromatic N) is 3. The summed E-state index contributed by atoms with van der Waals surface area (Å²) >= 11 is 1.34. The molecule has 0 fully saturated rings. The third-order valence-corrected chi connectivity index (χ3v) is 5.95. The number of carbonyl (C=O) groups is 1. The van der Waals surface area contributed by atoms with Crippen molar-refractivity contribution in [3.63, 3.8) is 0 Å². The van der Waals surface area contributed by atoms with Crippen LogP contribution in [-0.4, -0.2) is 26.4 Å². The van der Waals surface area contributed by atoms with Gasteiger partial charge in [0.1, 0.15) is 12.4 Å². The van der Waals surface area contributed by atoms with E-state index in [4.69, 9.17) is 4.74 Å². The number of nitrogens with one attached hydrogen (secondary N) is 1. The first kappa shape index (κ1) is 23.6. The predicted octanol–water partition coefficient (Wildman–Crippen LogP) is 5.51. The molecular weight excluding hydrogens is 420 g/mol. The number of anilines is 1. The number of amides is 1. The van der Waals surface area contributed by atoms with Crippen LogP contribution in [0.25, 0.3) is 0 Å². The van der Waals surface area contributed by atoms with Crippen LogP contribution in [-0.2, 0) is 17.9 Å². The maximum atomic E-state index is 12.4. The van der Waals surface area contributed by atoms with Gasteiger partial charge in [-0.05, 0) is 49.1 Å². The minimum Gasteiger partial charge on any atom is -0.485 e. The van der Waals surface area contributed by atoms with Gasteiger partial charge < -0.3 is 10.1 Å². The average molecular weight is 451 g/mol. The molecule has 168 valence electrons. The number of ether oxygens (including phenoxy) is 1. The van der Waals surface area contributed by atoms with E-state index in [1.165, 1.54) is 22.9 Å². The number of allylic oxidation sites excluding steroid dienone is 1. The Morgan fingerprint density at radius 3 is 2.59 bits per heavy atom. The summed E-state index contributed by atoms with van der Waals surface area (Å²) in [6.45, 7) is 13.0. The van der Waals surface area contributed by atoms with Gasteiger partial charge in [0.15, 0.2) is 11.0 Å². The van der Waals surface area contributed by atoms with Crippen molar-refractivity contribution in [3.05, 3.63) is 77.6 Å². The lowest BCUT2D eigenvalue weighted by atomic mass is 10.0. The topological polar surface area (TPSA) is 69.0 Å². The maximum absolute atomic E-state index is 12.4. The van der Waals surface area contributed by atoms with Gasteiger partial charge in [0.25, 0.3) is 0 Å². The first-order valence-electron chi connectivity index (χ1n) is 10.6. The first-order chi connectivity index (χ1) is 15.4. The van der Waals surface area contributed by atoms with E-state index in [1.807, 2.05) is 47.9 Å². The molecule has 3 aromatic rings. The summed E-state index contributed by atoms with van der Waals surface area (Å²) in [6.07, 6.45) is 1.78. The summed E-state index contributed by atoms with van der Waals surface area (Å²) in [5.41, 5.74) is 4.30. The monoisotopic (exact) mass is 450 g/mol. The average Bonchev–Trinajstić information content (AvgIpc) is 3.14. The van der Waals surface area contributed by atoms with Gasteiger partial charge in [0.2, 0.25) is 5.91 Å². The third-order valence-electron chi connectivity index (χ3n) is 4.99. The SMILES string of the molecule is C=CCn1c(COc2ccc(C)cc2C)nnc1SCC(=O)Nc1ccc(C(C)C)cc1. The van der Waals surface area contributed by atoms with E-state index >= 15 is 0 Å². The second-order valence-electron chi connectivity index (χ2n) is 7.97. The van der Waals surface area contributed by atoms with Gasteiger partial charge in [-0.3, -0.25) is 9.36 Å². The summed E-state index contributed by atoms with van der Waals surface area (Å²) in [6, 6.07) is 14.0. The fourth-order valence-electron chi connectivity index (χ4n) is 3.23. The molecule has 0 aliphatic heterocycles. The van der Waals surface area contributed by atoms with Crippen molar-refractivity contribution in [2.45, 2.75) is 51.9 Å². The lowest BCUT2D eigenvalue weighted by molar-refractivity contribution is -0.113. The molecule has 6 nitrogen and oxygen atoms in total. The normalized spacial score (nSPS) is 10.9. The highest BCUT2D eigenvalue weighted by molar-refractivity contribution is 7.99. The van der Waals surface area contributed by atoms with Crippen molar-refractivity contribution in [2.24, 2.45) is 0 Å². The molecule has 0 saturated carbocycles. The maximum Gasteiger partial charge on any atom is 0.234 e. The smallest absolute Gasteiger partial charge is 0.234 e. The summed E-state index contributed by atoms with van der Waals surface area (Å²) in [5.74, 6) is 2.12. The van der Waals surface area contributed by atoms with Crippen molar-refractivity contribution in [2.75, 3.05) is 11.1 Å². The molecule has 0 bridgehead atoms. The number of rotatable bonds is 10. The zero-order chi connectivity index (χ0) is 23.1. The standard InChI is InChI=1S/C25H30N4O2S/c1-6-13-29-23(15-31-22-12-7-18(4)14-19(22)5)27-28-25(29)32-16-24(30)26-21-10-8-20(9-11-21)17(2)3/h6-12,14,17H,1,13,15-16H2,2-5H3,(H,26,30). The highest BCUT2D eigenvalue weighted by Crippen LogP contribution is 2.22. The Balaban J connectivity index is 1.60. The Morgan fingerprint density at radius 2 is 1.94 bits per heavy atom. The summed E-state index contributed by atoms with van der Waals surface area (Å²) < 4.78 is 7.89. The molecule has 3 rings (SSSR count). The molecule has 0 radical (unpaired) electrons. The molecule has 1 N–H and O–H groups in total. The molecule has 0 aliphatic carbocycles. The Labute approximate surface area is 194 Å². The minimum atomic E-state index is -0.0893. The van der Waals surface area contributed by atoms with Crippen molar-refractivity contribution >= 4 is 23.4 Å². The van der Waals surface area contributed by atoms with Crippen LogP contribution >= 0.6 is 11.8 Å². The fraction of sp³-hybridized carbons (Fsp3) is 0.320. The minimum absolute atomic E-state index is 0.0893. The van der Waals surface area contributed by atoms with Gasteiger partial charge >= 0.3 is 0 Å². The lowest BCUT2D eigenvalue weighted by Gasteiger charge is -2.11. The molecule has 2 aromatic carbocycles. The van der Waals surface area contributed by atoms with Crippen molar-refractivity contribution in [1.29, 1.82) is 0 Å². The molecule has 0 saturated heterocycles. The van der Waals surface area contributed by atoms with Crippen molar-refractivity contribution < 1.29 is 9.53 Å². The predicted molar refractivity (Wildman–Crippen MR) is 130 cm³/mol. The molecule has 32 heavy (non-hydrogen) atoms. The number of benzene rings is 2. The largest absolute Gasteiger partial charge is 0.485 e. The highest BCUT2D eigenvalue weighted by Gasteiger charge is 2.15. The van der Waals surface area contributed by atoms with E-state index in [0.717, 1.165) is 17.0 Å². The summed E-state index contributed by atoms with van der Waals surface area (Å²) in [5, 5.41) is 12.1. The first-order valence-corrected chi connectivity index (χ1v) is 11.6. The highest BCUT2D eigenvalue weighted by atomic mass is 32.2. The Hall–Kier alpha value is -3.06. The zero-order valence-electron chi connectivity index (χ0n) is 19.1. The van der Waals surface area contributed by atoms with E-state index in [1.54, 1.807) is 6.08 Å². The van der Waals surface area contributed by atoms with E-state index in [-0.39, 0.29) is 11.7 Å². The summed E-state index contributed by atoms with van der Waals surface area (Å²) in [4.78, 5) is 12.4. The molecule has 1 aromatic heterocycles. The van der Waals surface area contributed by atoms with Crippen LogP contribution in [0.1, 0.15) is 42.3 Å². The van der Waals surface area contributed by atoms with Crippen molar-refractivity contribution in [3.8, 4) is 5.75 Å². The Kier molecular flexibility index (Phi) is 8.11. The second kappa shape index (κ2) is 11.0. The lowest BCUT2D eigenvalue weighted by Crippen LogP contribution is -2.15. The Bertz CT molecular complexity index is 1070. The van der Waals surface area contributed by atoms with Crippen LogP contribution in [0.4, 0.5) is 5.69 Å². The van der Waals surface area contributed by atoms with Crippen LogP contribution in [0.5, 0.6) is 5.75 Å². The number of aryl methyl sites for hydroxylation is 2. The molecule has 0 aliphatic rings. The zero-order valence-corrected chi connectivity index (χ0v) is 19.9. The van der Waals surface area contributed by atoms with Crippen LogP contribution in [0.15, 0.2) is 60.3 Å². The summed E-state index contributed by atoms with van der Waals surface area (Å²) in [7, 11) is 0. The van der Waals surface area contributed by atoms with Gasteiger partial charge in [0, 0.05) is 12.2 Å². The van der Waals surface area contributed by atoms with E-state index < -0.39 is 0 Å². The van der Waals surface area contributed by atoms with Gasteiger partial charge in [-0.1, -0.05) is 61.5 Å². The number of aromatic nitrogens is 3. The molecule has 7 heteroatoms. The number of hydrogen-bond donors (Lipinski definition) is 1. The number of hydrogen-bond acceptors (Lipinski definition) is 5. The van der Waals surface area contributed by atoms with Gasteiger partial charge in [-0.25, -0.2) is 0 Å². The van der Waals surface area contributed by atoms with E-state index in [0.29, 0.717) is 30.1 Å². The molecule has 0 unspecified atom stereocenters.